The molecule has 2 aliphatic heterocycles. The number of aromatic nitrogens is 3. The summed E-state index contributed by atoms with van der Waals surface area (Å²) in [5.74, 6) is 0.332. The van der Waals surface area contributed by atoms with Crippen molar-refractivity contribution in [3.8, 4) is 11.1 Å². The Kier molecular flexibility index (Phi) is 6.78. The van der Waals surface area contributed by atoms with Crippen LogP contribution in [0.3, 0.4) is 0 Å². The summed E-state index contributed by atoms with van der Waals surface area (Å²) in [5.41, 5.74) is 4.88. The first-order valence-electron chi connectivity index (χ1n) is 13.2. The average molecular weight is 514 g/mol. The molecule has 0 spiro atoms. The molecule has 2 aromatic carbocycles. The van der Waals surface area contributed by atoms with Crippen molar-refractivity contribution in [2.75, 3.05) is 63.2 Å². The van der Waals surface area contributed by atoms with E-state index < -0.39 is 0 Å². The molecule has 0 radical (unpaired) electrons. The number of halogens is 1. The van der Waals surface area contributed by atoms with Crippen LogP contribution in [0.15, 0.2) is 60.9 Å². The summed E-state index contributed by atoms with van der Waals surface area (Å²) in [6.07, 6.45) is 3.68. The standard InChI is InChI=1S/C29H32FN7O/c1-34-9-12-36(13-10-34)25-4-2-3-22(16-25)29(38)33-28-17-24-15-21(5-6-23(24)18-31-28)26-19-32-37-14-11-35(8-7-30)20-27(26)37/h2-6,15-19H,7-14,20H2,1H3,(H,31,33,38). The fraction of sp³-hybridized carbons (Fsp3) is 0.345. The van der Waals surface area contributed by atoms with Crippen LogP contribution in [0, 0.1) is 0 Å². The molecule has 8 nitrogen and oxygen atoms in total. The predicted molar refractivity (Wildman–Crippen MR) is 148 cm³/mol. The summed E-state index contributed by atoms with van der Waals surface area (Å²) >= 11 is 0. The van der Waals surface area contributed by atoms with Crippen LogP contribution in [-0.2, 0) is 13.1 Å². The molecule has 9 heteroatoms. The SMILES string of the molecule is CN1CCN(c2cccc(C(=O)Nc3cc4cc(-c5cnn6c5CN(CCF)CC6)ccc4cn3)c2)CC1. The molecule has 0 atom stereocenters. The number of fused-ring (bicyclic) bond motifs is 2. The van der Waals surface area contributed by atoms with Crippen molar-refractivity contribution in [2.24, 2.45) is 0 Å². The molecular formula is C29H32FN7O. The minimum atomic E-state index is -0.346. The number of amides is 1. The van der Waals surface area contributed by atoms with Crippen LogP contribution in [0.4, 0.5) is 15.9 Å². The number of nitrogens with zero attached hydrogens (tertiary/aromatic N) is 6. The van der Waals surface area contributed by atoms with Gasteiger partial charge in [0.25, 0.3) is 5.91 Å². The third kappa shape index (κ3) is 4.99. The first-order chi connectivity index (χ1) is 18.6. The Morgan fingerprint density at radius 1 is 0.974 bits per heavy atom. The monoisotopic (exact) mass is 513 g/mol. The van der Waals surface area contributed by atoms with Crippen LogP contribution in [0.5, 0.6) is 0 Å². The van der Waals surface area contributed by atoms with Crippen LogP contribution >= 0.6 is 0 Å². The highest BCUT2D eigenvalue weighted by atomic mass is 19.1. The lowest BCUT2D eigenvalue weighted by molar-refractivity contribution is 0.102. The summed E-state index contributed by atoms with van der Waals surface area (Å²) in [6.45, 7) is 6.27. The number of carbonyl (C=O) groups is 1. The fourth-order valence-corrected chi connectivity index (χ4v) is 5.32. The Morgan fingerprint density at radius 2 is 1.84 bits per heavy atom. The summed E-state index contributed by atoms with van der Waals surface area (Å²) in [5, 5.41) is 9.51. The maximum atomic E-state index is 13.1. The number of piperazine rings is 1. The minimum absolute atomic E-state index is 0.178. The maximum Gasteiger partial charge on any atom is 0.256 e. The van der Waals surface area contributed by atoms with Gasteiger partial charge in [0.2, 0.25) is 0 Å². The van der Waals surface area contributed by atoms with Gasteiger partial charge in [0.1, 0.15) is 12.5 Å². The van der Waals surface area contributed by atoms with Crippen molar-refractivity contribution in [1.82, 2.24) is 24.6 Å². The molecule has 4 aromatic rings. The Morgan fingerprint density at radius 3 is 2.68 bits per heavy atom. The van der Waals surface area contributed by atoms with Gasteiger partial charge in [-0.25, -0.2) is 9.37 Å². The van der Waals surface area contributed by atoms with Crippen molar-refractivity contribution < 1.29 is 9.18 Å². The van der Waals surface area contributed by atoms with E-state index in [1.165, 1.54) is 0 Å². The molecule has 0 aliphatic carbocycles. The number of pyridine rings is 1. The van der Waals surface area contributed by atoms with E-state index in [0.717, 1.165) is 72.5 Å². The summed E-state index contributed by atoms with van der Waals surface area (Å²) in [7, 11) is 2.13. The first kappa shape index (κ1) is 24.5. The third-order valence-corrected chi connectivity index (χ3v) is 7.60. The van der Waals surface area contributed by atoms with E-state index in [0.29, 0.717) is 24.5 Å². The normalized spacial score (nSPS) is 16.5. The van der Waals surface area contributed by atoms with E-state index in [-0.39, 0.29) is 12.6 Å². The van der Waals surface area contributed by atoms with Gasteiger partial charge in [-0.2, -0.15) is 5.10 Å². The summed E-state index contributed by atoms with van der Waals surface area (Å²) < 4.78 is 14.9. The second-order valence-corrected chi connectivity index (χ2v) is 10.1. The van der Waals surface area contributed by atoms with Crippen molar-refractivity contribution >= 4 is 28.2 Å². The number of hydrogen-bond donors (Lipinski definition) is 1. The highest BCUT2D eigenvalue weighted by Gasteiger charge is 2.21. The number of carbonyl (C=O) groups excluding carboxylic acids is 1. The largest absolute Gasteiger partial charge is 0.369 e. The molecule has 0 saturated carbocycles. The van der Waals surface area contributed by atoms with E-state index in [9.17, 15) is 9.18 Å². The number of benzene rings is 2. The quantitative estimate of drug-likeness (QED) is 0.422. The van der Waals surface area contributed by atoms with Crippen molar-refractivity contribution in [3.63, 3.8) is 0 Å². The average Bonchev–Trinajstić information content (AvgIpc) is 3.37. The molecule has 196 valence electrons. The van der Waals surface area contributed by atoms with Gasteiger partial charge in [-0.1, -0.05) is 18.2 Å². The predicted octanol–water partition coefficient (Wildman–Crippen LogP) is 3.89. The van der Waals surface area contributed by atoms with Crippen LogP contribution in [0.1, 0.15) is 16.1 Å². The summed E-state index contributed by atoms with van der Waals surface area (Å²) in [4.78, 5) is 24.3. The van der Waals surface area contributed by atoms with Gasteiger partial charge in [-0.3, -0.25) is 14.4 Å². The molecule has 1 fully saturated rings. The minimum Gasteiger partial charge on any atom is -0.369 e. The molecule has 1 amide bonds. The van der Waals surface area contributed by atoms with E-state index in [2.05, 4.69) is 55.3 Å². The molecular weight excluding hydrogens is 481 g/mol. The van der Waals surface area contributed by atoms with E-state index in [1.54, 1.807) is 6.20 Å². The topological polar surface area (TPSA) is 69.5 Å². The van der Waals surface area contributed by atoms with Gasteiger partial charge in [0.05, 0.1) is 18.4 Å². The Bertz CT molecular complexity index is 1460. The number of nitrogens with one attached hydrogen (secondary N) is 1. The molecule has 4 heterocycles. The Balaban J connectivity index is 1.22. The first-order valence-corrected chi connectivity index (χ1v) is 13.2. The van der Waals surface area contributed by atoms with Gasteiger partial charge in [0.15, 0.2) is 0 Å². The lowest BCUT2D eigenvalue weighted by Crippen LogP contribution is -2.44. The van der Waals surface area contributed by atoms with Gasteiger partial charge >= 0.3 is 0 Å². The van der Waals surface area contributed by atoms with Crippen LogP contribution in [0.25, 0.3) is 21.9 Å². The van der Waals surface area contributed by atoms with Crippen molar-refractivity contribution in [3.05, 3.63) is 72.2 Å². The molecule has 38 heavy (non-hydrogen) atoms. The highest BCUT2D eigenvalue weighted by molar-refractivity contribution is 6.05. The van der Waals surface area contributed by atoms with Gasteiger partial charge in [-0.05, 0) is 48.3 Å². The molecule has 1 saturated heterocycles. The maximum absolute atomic E-state index is 13.1. The molecule has 2 aliphatic rings. The zero-order chi connectivity index (χ0) is 26.1. The van der Waals surface area contributed by atoms with E-state index in [1.807, 2.05) is 41.2 Å². The zero-order valence-electron chi connectivity index (χ0n) is 21.6. The van der Waals surface area contributed by atoms with Crippen molar-refractivity contribution in [1.29, 1.82) is 0 Å². The number of likely N-dealkylation sites (N-methyl/N-ethyl adjacent to an activating group) is 1. The van der Waals surface area contributed by atoms with Crippen LogP contribution in [0.2, 0.25) is 0 Å². The number of alkyl halides is 1. The van der Waals surface area contributed by atoms with Crippen LogP contribution in [-0.4, -0.2) is 83.5 Å². The molecule has 6 rings (SSSR count). The van der Waals surface area contributed by atoms with E-state index in [4.69, 9.17) is 0 Å². The number of rotatable bonds is 6. The third-order valence-electron chi connectivity index (χ3n) is 7.60. The molecule has 2 aromatic heterocycles. The number of hydrogen-bond acceptors (Lipinski definition) is 6. The lowest BCUT2D eigenvalue weighted by Gasteiger charge is -2.34. The number of anilines is 2. The molecule has 1 N–H and O–H groups in total. The molecule has 0 unspecified atom stereocenters. The van der Waals surface area contributed by atoms with Gasteiger partial charge in [0, 0.05) is 74.2 Å². The smallest absolute Gasteiger partial charge is 0.256 e. The summed E-state index contributed by atoms with van der Waals surface area (Å²) in [6, 6.07) is 15.9. The molecule has 0 bridgehead atoms. The Labute approximate surface area is 221 Å². The van der Waals surface area contributed by atoms with Crippen LogP contribution < -0.4 is 10.2 Å². The Hall–Kier alpha value is -3.82. The van der Waals surface area contributed by atoms with E-state index >= 15 is 0 Å². The second kappa shape index (κ2) is 10.5. The lowest BCUT2D eigenvalue weighted by atomic mass is 10.0. The zero-order valence-corrected chi connectivity index (χ0v) is 21.6. The highest BCUT2D eigenvalue weighted by Crippen LogP contribution is 2.30. The van der Waals surface area contributed by atoms with Crippen molar-refractivity contribution in [2.45, 2.75) is 13.1 Å². The van der Waals surface area contributed by atoms with Gasteiger partial charge in [-0.15, -0.1) is 0 Å². The fourth-order valence-electron chi connectivity index (χ4n) is 5.32. The second-order valence-electron chi connectivity index (χ2n) is 10.1. The van der Waals surface area contributed by atoms with Gasteiger partial charge < -0.3 is 15.1 Å².